The van der Waals surface area contributed by atoms with Gasteiger partial charge in [0, 0.05) is 6.54 Å². The quantitative estimate of drug-likeness (QED) is 0.796. The first-order valence-corrected chi connectivity index (χ1v) is 8.20. The highest BCUT2D eigenvalue weighted by molar-refractivity contribution is 7.93. The number of nitrogens with one attached hydrogen (secondary N) is 1. The van der Waals surface area contributed by atoms with Crippen LogP contribution in [-0.4, -0.2) is 19.7 Å². The van der Waals surface area contributed by atoms with E-state index in [0.717, 1.165) is 32.1 Å². The molecule has 1 saturated carbocycles. The van der Waals surface area contributed by atoms with Gasteiger partial charge in [-0.05, 0) is 25.0 Å². The maximum atomic E-state index is 12.8. The highest BCUT2D eigenvalue weighted by Gasteiger charge is 2.48. The molecule has 5 heteroatoms. The summed E-state index contributed by atoms with van der Waals surface area (Å²) in [5, 5.41) is 3.72. The van der Waals surface area contributed by atoms with Crippen molar-refractivity contribution in [2.75, 3.05) is 11.9 Å². The predicted molar refractivity (Wildman–Crippen MR) is 72.9 cm³/mol. The Morgan fingerprint density at radius 1 is 1.17 bits per heavy atom. The molecule has 1 aliphatic carbocycles. The lowest BCUT2D eigenvalue weighted by atomic mass is 9.88. The first-order valence-electron chi connectivity index (χ1n) is 6.34. The van der Waals surface area contributed by atoms with Crippen LogP contribution >= 0.6 is 11.6 Å². The Hall–Kier alpha value is -0.740. The molecule has 0 aromatic heterocycles. The summed E-state index contributed by atoms with van der Waals surface area (Å²) in [4.78, 5) is 0.378. The Balaban J connectivity index is 2.16. The molecule has 0 atom stereocenters. The number of anilines is 1. The first kappa shape index (κ1) is 12.3. The molecule has 3 rings (SSSR count). The van der Waals surface area contributed by atoms with Crippen molar-refractivity contribution >= 4 is 27.1 Å². The maximum Gasteiger partial charge on any atom is 0.187 e. The zero-order valence-corrected chi connectivity index (χ0v) is 11.6. The van der Waals surface area contributed by atoms with Gasteiger partial charge >= 0.3 is 0 Å². The normalized spacial score (nSPS) is 24.3. The summed E-state index contributed by atoms with van der Waals surface area (Å²) < 4.78 is 25.1. The minimum absolute atomic E-state index is 0.378. The van der Waals surface area contributed by atoms with Crippen LogP contribution in [0.5, 0.6) is 0 Å². The van der Waals surface area contributed by atoms with E-state index in [2.05, 4.69) is 5.32 Å². The van der Waals surface area contributed by atoms with E-state index in [-0.39, 0.29) is 0 Å². The second kappa shape index (κ2) is 4.14. The van der Waals surface area contributed by atoms with E-state index in [1.165, 1.54) is 0 Å². The molecule has 1 N–H and O–H groups in total. The molecule has 98 valence electrons. The Morgan fingerprint density at radius 3 is 2.61 bits per heavy atom. The van der Waals surface area contributed by atoms with Crippen molar-refractivity contribution in [2.45, 2.75) is 41.7 Å². The molecule has 1 spiro atoms. The molecular weight excluding hydrogens is 270 g/mol. The smallest absolute Gasteiger partial charge is 0.187 e. The number of halogens is 1. The van der Waals surface area contributed by atoms with Gasteiger partial charge in [-0.25, -0.2) is 8.42 Å². The molecule has 0 unspecified atom stereocenters. The molecule has 1 heterocycles. The molecule has 0 amide bonds. The number of sulfone groups is 1. The van der Waals surface area contributed by atoms with E-state index >= 15 is 0 Å². The highest BCUT2D eigenvalue weighted by atomic mass is 35.5. The third-order valence-electron chi connectivity index (χ3n) is 4.19. The van der Waals surface area contributed by atoms with Gasteiger partial charge in [0.15, 0.2) is 9.84 Å². The fraction of sp³-hybridized carbons (Fsp3) is 0.538. The minimum atomic E-state index is -3.27. The van der Waals surface area contributed by atoms with Gasteiger partial charge in [-0.15, -0.1) is 0 Å². The SMILES string of the molecule is O=S1(=O)c2cccc(Cl)c2NCC12CCCCC2. The number of benzene rings is 1. The summed E-state index contributed by atoms with van der Waals surface area (Å²) in [6.07, 6.45) is 4.65. The van der Waals surface area contributed by atoms with E-state index in [1.807, 2.05) is 0 Å². The maximum absolute atomic E-state index is 12.8. The number of hydrogen-bond acceptors (Lipinski definition) is 3. The monoisotopic (exact) mass is 285 g/mol. The van der Waals surface area contributed by atoms with E-state index in [1.54, 1.807) is 18.2 Å². The molecule has 18 heavy (non-hydrogen) atoms. The lowest BCUT2D eigenvalue weighted by molar-refractivity contribution is 0.381. The van der Waals surface area contributed by atoms with Gasteiger partial charge in [-0.3, -0.25) is 0 Å². The van der Waals surface area contributed by atoms with Crippen molar-refractivity contribution in [3.63, 3.8) is 0 Å². The van der Waals surface area contributed by atoms with Gasteiger partial charge in [0.1, 0.15) is 0 Å². The summed E-state index contributed by atoms with van der Waals surface area (Å²) >= 11 is 6.07. The summed E-state index contributed by atoms with van der Waals surface area (Å²) in [6.45, 7) is 0.492. The molecule has 2 aliphatic rings. The molecule has 1 aliphatic heterocycles. The van der Waals surface area contributed by atoms with Crippen LogP contribution in [0.25, 0.3) is 0 Å². The van der Waals surface area contributed by atoms with Crippen molar-refractivity contribution in [1.29, 1.82) is 0 Å². The summed E-state index contributed by atoms with van der Waals surface area (Å²) in [7, 11) is -3.27. The van der Waals surface area contributed by atoms with Crippen LogP contribution in [0.15, 0.2) is 23.1 Å². The molecule has 1 aromatic rings. The molecule has 0 saturated heterocycles. The second-order valence-electron chi connectivity index (χ2n) is 5.21. The van der Waals surface area contributed by atoms with Crippen LogP contribution in [0.3, 0.4) is 0 Å². The van der Waals surface area contributed by atoms with Gasteiger partial charge in [-0.2, -0.15) is 0 Å². The molecule has 0 radical (unpaired) electrons. The van der Waals surface area contributed by atoms with Gasteiger partial charge < -0.3 is 5.32 Å². The topological polar surface area (TPSA) is 46.2 Å². The molecule has 1 fully saturated rings. The lowest BCUT2D eigenvalue weighted by Crippen LogP contribution is -2.49. The average molecular weight is 286 g/mol. The Labute approximate surface area is 112 Å². The van der Waals surface area contributed by atoms with Crippen molar-refractivity contribution in [1.82, 2.24) is 0 Å². The zero-order chi connectivity index (χ0) is 12.8. The summed E-state index contributed by atoms with van der Waals surface area (Å²) in [5.41, 5.74) is 0.579. The molecule has 1 aromatic carbocycles. The van der Waals surface area contributed by atoms with Crippen LogP contribution < -0.4 is 5.32 Å². The van der Waals surface area contributed by atoms with Crippen molar-refractivity contribution < 1.29 is 8.42 Å². The zero-order valence-electron chi connectivity index (χ0n) is 10.1. The van der Waals surface area contributed by atoms with Crippen molar-refractivity contribution in [3.05, 3.63) is 23.2 Å². The fourth-order valence-electron chi connectivity index (χ4n) is 3.12. The first-order chi connectivity index (χ1) is 8.57. The predicted octanol–water partition coefficient (Wildman–Crippen LogP) is 3.24. The van der Waals surface area contributed by atoms with Crippen LogP contribution in [-0.2, 0) is 9.84 Å². The third kappa shape index (κ3) is 1.58. The van der Waals surface area contributed by atoms with E-state index < -0.39 is 14.6 Å². The minimum Gasteiger partial charge on any atom is -0.381 e. The summed E-state index contributed by atoms with van der Waals surface area (Å²) in [6, 6.07) is 5.10. The lowest BCUT2D eigenvalue weighted by Gasteiger charge is -2.41. The number of rotatable bonds is 0. The highest BCUT2D eigenvalue weighted by Crippen LogP contribution is 2.45. The third-order valence-corrected chi connectivity index (χ3v) is 7.11. The van der Waals surface area contributed by atoms with E-state index in [9.17, 15) is 8.42 Å². The fourth-order valence-corrected chi connectivity index (χ4v) is 5.68. The molecule has 3 nitrogen and oxygen atoms in total. The van der Waals surface area contributed by atoms with Crippen molar-refractivity contribution in [2.24, 2.45) is 0 Å². The van der Waals surface area contributed by atoms with Crippen LogP contribution in [0.1, 0.15) is 32.1 Å². The molecule has 0 bridgehead atoms. The Morgan fingerprint density at radius 2 is 1.89 bits per heavy atom. The van der Waals surface area contributed by atoms with Gasteiger partial charge in [0.2, 0.25) is 0 Å². The largest absolute Gasteiger partial charge is 0.381 e. The van der Waals surface area contributed by atoms with Gasteiger partial charge in [0.05, 0.1) is 20.4 Å². The van der Waals surface area contributed by atoms with Gasteiger partial charge in [0.25, 0.3) is 0 Å². The van der Waals surface area contributed by atoms with Crippen molar-refractivity contribution in [3.8, 4) is 0 Å². The summed E-state index contributed by atoms with van der Waals surface area (Å²) in [5.74, 6) is 0. The standard InChI is InChI=1S/C13H16ClNO2S/c14-10-5-4-6-11-12(10)15-9-13(18(11,16)17)7-2-1-3-8-13/h4-6,15H,1-3,7-9H2. The average Bonchev–Trinajstić information content (AvgIpc) is 2.36. The van der Waals surface area contributed by atoms with Crippen LogP contribution in [0.2, 0.25) is 5.02 Å². The van der Waals surface area contributed by atoms with E-state index in [0.29, 0.717) is 22.2 Å². The van der Waals surface area contributed by atoms with Crippen LogP contribution in [0.4, 0.5) is 5.69 Å². The second-order valence-corrected chi connectivity index (χ2v) is 7.93. The van der Waals surface area contributed by atoms with Gasteiger partial charge in [-0.1, -0.05) is 36.9 Å². The number of para-hydroxylation sites is 1. The number of hydrogen-bond donors (Lipinski definition) is 1. The Kier molecular flexibility index (Phi) is 2.83. The number of fused-ring (bicyclic) bond motifs is 1. The van der Waals surface area contributed by atoms with Crippen LogP contribution in [0, 0.1) is 0 Å². The van der Waals surface area contributed by atoms with E-state index in [4.69, 9.17) is 11.6 Å². The molecular formula is C13H16ClNO2S. The Bertz CT molecular complexity index is 577.